The van der Waals surface area contributed by atoms with Gasteiger partial charge in [0.05, 0.1) is 17.2 Å². The highest BCUT2D eigenvalue weighted by atomic mass is 32.2. The van der Waals surface area contributed by atoms with E-state index in [0.717, 1.165) is 5.56 Å². The number of ether oxygens (including phenoxy) is 1. The van der Waals surface area contributed by atoms with Crippen LogP contribution in [0.1, 0.15) is 32.3 Å². The molecule has 0 N–H and O–H groups in total. The first-order valence-electron chi connectivity index (χ1n) is 7.76. The van der Waals surface area contributed by atoms with Gasteiger partial charge in [-0.2, -0.15) is 0 Å². The fourth-order valence-electron chi connectivity index (χ4n) is 3.55. The SMILES string of the molecule is CC(=O)[C@]1(S(=O)c2ccc(C)cc2)C[C@@H]2CC(=O)OC2=C[C@@H]1C. The molecule has 2 aliphatic rings. The van der Waals surface area contributed by atoms with Gasteiger partial charge in [-0.3, -0.25) is 13.8 Å². The third-order valence-electron chi connectivity index (χ3n) is 4.91. The molecule has 0 radical (unpaired) electrons. The number of carbonyl (C=O) groups excluding carboxylic acids is 2. The molecule has 0 bridgehead atoms. The van der Waals surface area contributed by atoms with Gasteiger partial charge in [-0.1, -0.05) is 24.6 Å². The molecule has 23 heavy (non-hydrogen) atoms. The maximum Gasteiger partial charge on any atom is 0.311 e. The number of hydrogen-bond acceptors (Lipinski definition) is 4. The molecule has 122 valence electrons. The molecule has 1 aromatic carbocycles. The van der Waals surface area contributed by atoms with Crippen LogP contribution in [0.5, 0.6) is 0 Å². The molecule has 1 saturated heterocycles. The molecular weight excluding hydrogens is 312 g/mol. The third-order valence-corrected chi connectivity index (χ3v) is 7.10. The van der Waals surface area contributed by atoms with Gasteiger partial charge in [0.1, 0.15) is 16.3 Å². The maximum atomic E-state index is 13.3. The number of aryl methyl sites for hydroxylation is 1. The largest absolute Gasteiger partial charge is 0.431 e. The van der Waals surface area contributed by atoms with Crippen LogP contribution in [-0.4, -0.2) is 20.7 Å². The average molecular weight is 332 g/mol. The van der Waals surface area contributed by atoms with Gasteiger partial charge < -0.3 is 4.74 Å². The first kappa shape index (κ1) is 16.1. The van der Waals surface area contributed by atoms with E-state index >= 15 is 0 Å². The Bertz CT molecular complexity index is 719. The zero-order valence-electron chi connectivity index (χ0n) is 13.5. The summed E-state index contributed by atoms with van der Waals surface area (Å²) >= 11 is 0. The lowest BCUT2D eigenvalue weighted by Crippen LogP contribution is -2.50. The predicted octanol–water partition coefficient (Wildman–Crippen LogP) is 2.92. The fraction of sp³-hybridized carbons (Fsp3) is 0.444. The summed E-state index contributed by atoms with van der Waals surface area (Å²) in [7, 11) is -1.48. The number of hydrogen-bond donors (Lipinski definition) is 0. The minimum absolute atomic E-state index is 0.0986. The number of Topliss-reactive ketones (excluding diaryl/α,β-unsaturated/α-hetero) is 1. The van der Waals surface area contributed by atoms with Gasteiger partial charge in [-0.25, -0.2) is 0 Å². The quantitative estimate of drug-likeness (QED) is 0.799. The second-order valence-electron chi connectivity index (χ2n) is 6.46. The van der Waals surface area contributed by atoms with Crippen LogP contribution in [0.4, 0.5) is 0 Å². The zero-order valence-corrected chi connectivity index (χ0v) is 14.3. The Morgan fingerprint density at radius 3 is 2.57 bits per heavy atom. The number of carbonyl (C=O) groups is 2. The highest BCUT2D eigenvalue weighted by Gasteiger charge is 2.53. The summed E-state index contributed by atoms with van der Waals surface area (Å²) in [5.74, 6) is -0.121. The standard InChI is InChI=1S/C18H20O4S/c1-11-4-6-15(7-5-11)23(21)18(13(3)19)10-14-9-17(20)22-16(14)8-12(18)2/h4-8,12,14H,9-10H2,1-3H3/t12-,14-,18-,23?/m0/s1. The van der Waals surface area contributed by atoms with Crippen LogP contribution in [-0.2, 0) is 25.1 Å². The number of rotatable bonds is 3. The Morgan fingerprint density at radius 2 is 1.96 bits per heavy atom. The summed E-state index contributed by atoms with van der Waals surface area (Å²) in [5, 5.41) is 0. The Morgan fingerprint density at radius 1 is 1.30 bits per heavy atom. The smallest absolute Gasteiger partial charge is 0.311 e. The van der Waals surface area contributed by atoms with Crippen molar-refractivity contribution in [2.45, 2.75) is 43.3 Å². The van der Waals surface area contributed by atoms with Gasteiger partial charge in [-0.15, -0.1) is 0 Å². The second kappa shape index (κ2) is 5.71. The van der Waals surface area contributed by atoms with Crippen molar-refractivity contribution in [1.82, 2.24) is 0 Å². The average Bonchev–Trinajstić information content (AvgIpc) is 2.84. The van der Waals surface area contributed by atoms with Crippen LogP contribution in [0.3, 0.4) is 0 Å². The molecule has 1 unspecified atom stereocenters. The summed E-state index contributed by atoms with van der Waals surface area (Å²) < 4.78 is 17.5. The van der Waals surface area contributed by atoms with E-state index in [0.29, 0.717) is 17.1 Å². The maximum absolute atomic E-state index is 13.3. The third kappa shape index (κ3) is 2.57. The van der Waals surface area contributed by atoms with Gasteiger partial charge in [0.2, 0.25) is 0 Å². The second-order valence-corrected chi connectivity index (χ2v) is 8.20. The van der Waals surface area contributed by atoms with E-state index in [2.05, 4.69) is 0 Å². The molecule has 0 aromatic heterocycles. The number of esters is 1. The lowest BCUT2D eigenvalue weighted by Gasteiger charge is -2.39. The Balaban J connectivity index is 2.04. The van der Waals surface area contributed by atoms with Crippen molar-refractivity contribution in [1.29, 1.82) is 0 Å². The monoisotopic (exact) mass is 332 g/mol. The zero-order chi connectivity index (χ0) is 16.8. The molecule has 1 fully saturated rings. The minimum Gasteiger partial charge on any atom is -0.431 e. The van der Waals surface area contributed by atoms with Crippen LogP contribution in [0, 0.1) is 18.8 Å². The lowest BCUT2D eigenvalue weighted by atomic mass is 9.75. The van der Waals surface area contributed by atoms with E-state index < -0.39 is 15.5 Å². The molecule has 1 aromatic rings. The molecule has 1 heterocycles. The van der Waals surface area contributed by atoms with Crippen molar-refractivity contribution < 1.29 is 18.5 Å². The summed E-state index contributed by atoms with van der Waals surface area (Å²) in [4.78, 5) is 24.7. The van der Waals surface area contributed by atoms with Gasteiger partial charge >= 0.3 is 5.97 Å². The summed E-state index contributed by atoms with van der Waals surface area (Å²) in [6.45, 7) is 5.34. The highest BCUT2D eigenvalue weighted by molar-refractivity contribution is 7.87. The molecule has 0 saturated carbocycles. The first-order valence-corrected chi connectivity index (χ1v) is 8.91. The normalized spacial score (nSPS) is 31.1. The summed E-state index contributed by atoms with van der Waals surface area (Å²) in [5.41, 5.74) is 1.08. The number of benzene rings is 1. The van der Waals surface area contributed by atoms with Gasteiger partial charge in [0.15, 0.2) is 0 Å². The summed E-state index contributed by atoms with van der Waals surface area (Å²) in [6, 6.07) is 7.44. The van der Waals surface area contributed by atoms with Gasteiger partial charge in [0, 0.05) is 16.7 Å². The van der Waals surface area contributed by atoms with E-state index in [9.17, 15) is 13.8 Å². The first-order chi connectivity index (χ1) is 10.8. The number of allylic oxidation sites excluding steroid dienone is 2. The van der Waals surface area contributed by atoms with Crippen molar-refractivity contribution >= 4 is 22.6 Å². The Kier molecular flexibility index (Phi) is 4.00. The molecule has 1 aliphatic heterocycles. The Labute approximate surface area is 138 Å². The van der Waals surface area contributed by atoms with E-state index in [1.165, 1.54) is 6.92 Å². The van der Waals surface area contributed by atoms with Crippen LogP contribution in [0.15, 0.2) is 41.0 Å². The van der Waals surface area contributed by atoms with Crippen LogP contribution in [0.25, 0.3) is 0 Å². The summed E-state index contributed by atoms with van der Waals surface area (Å²) in [6.07, 6.45) is 2.47. The molecule has 0 spiro atoms. The van der Waals surface area contributed by atoms with Crippen LogP contribution < -0.4 is 0 Å². The number of fused-ring (bicyclic) bond motifs is 1. The van der Waals surface area contributed by atoms with E-state index in [4.69, 9.17) is 4.74 Å². The molecule has 5 heteroatoms. The molecule has 0 amide bonds. The van der Waals surface area contributed by atoms with Crippen molar-refractivity contribution in [2.75, 3.05) is 0 Å². The van der Waals surface area contributed by atoms with Gasteiger partial charge in [0.25, 0.3) is 0 Å². The lowest BCUT2D eigenvalue weighted by molar-refractivity contribution is -0.135. The van der Waals surface area contributed by atoms with Crippen LogP contribution >= 0.6 is 0 Å². The van der Waals surface area contributed by atoms with Crippen molar-refractivity contribution in [3.05, 3.63) is 41.7 Å². The van der Waals surface area contributed by atoms with Crippen molar-refractivity contribution in [3.8, 4) is 0 Å². The van der Waals surface area contributed by atoms with E-state index in [1.54, 1.807) is 0 Å². The van der Waals surface area contributed by atoms with Crippen LogP contribution in [0.2, 0.25) is 0 Å². The molecular formula is C18H20O4S. The Hall–Kier alpha value is -1.75. The highest BCUT2D eigenvalue weighted by Crippen LogP contribution is 2.46. The van der Waals surface area contributed by atoms with E-state index in [1.807, 2.05) is 44.2 Å². The predicted molar refractivity (Wildman–Crippen MR) is 87.1 cm³/mol. The van der Waals surface area contributed by atoms with E-state index in [-0.39, 0.29) is 30.0 Å². The topological polar surface area (TPSA) is 60.4 Å². The van der Waals surface area contributed by atoms with Crippen molar-refractivity contribution in [3.63, 3.8) is 0 Å². The van der Waals surface area contributed by atoms with Crippen molar-refractivity contribution in [2.24, 2.45) is 11.8 Å². The molecule has 4 nitrogen and oxygen atoms in total. The molecule has 1 aliphatic carbocycles. The minimum atomic E-state index is -1.48. The fourth-order valence-corrected chi connectivity index (χ4v) is 5.37. The molecule has 3 rings (SSSR count). The van der Waals surface area contributed by atoms with Gasteiger partial charge in [-0.05, 0) is 38.5 Å². The number of ketones is 1. The molecule has 4 atom stereocenters.